The number of ether oxygens (including phenoxy) is 1. The maximum Gasteiger partial charge on any atom is 0.460 e. The van der Waals surface area contributed by atoms with Crippen LogP contribution in [0.1, 0.15) is 23.7 Å². The van der Waals surface area contributed by atoms with E-state index in [9.17, 15) is 79.4 Å². The quantitative estimate of drug-likeness (QED) is 0.227. The van der Waals surface area contributed by atoms with Crippen LogP contribution in [0.2, 0.25) is 0 Å². The van der Waals surface area contributed by atoms with Crippen molar-refractivity contribution < 1.29 is 89.3 Å². The zero-order valence-corrected chi connectivity index (χ0v) is 17.8. The van der Waals surface area contributed by atoms with E-state index in [4.69, 9.17) is 5.11 Å². The van der Waals surface area contributed by atoms with Gasteiger partial charge in [-0.25, -0.2) is 4.79 Å². The number of hydrogen-bond acceptors (Lipinski definition) is 3. The molecule has 1 unspecified atom stereocenters. The predicted octanol–water partition coefficient (Wildman–Crippen LogP) is 7.34. The molecule has 0 heterocycles. The van der Waals surface area contributed by atoms with Crippen molar-refractivity contribution in [3.63, 3.8) is 0 Å². The molecule has 0 amide bonds. The van der Waals surface area contributed by atoms with Gasteiger partial charge in [0, 0.05) is 0 Å². The molecule has 1 atom stereocenters. The van der Waals surface area contributed by atoms with Crippen molar-refractivity contribution in [2.75, 3.05) is 0 Å². The molecule has 220 valence electrons. The molecule has 0 aromatic heterocycles. The van der Waals surface area contributed by atoms with Gasteiger partial charge < -0.3 is 9.84 Å². The molecule has 38 heavy (non-hydrogen) atoms. The minimum atomic E-state index is -8.71. The molecule has 0 aliphatic rings. The highest BCUT2D eigenvalue weighted by Gasteiger charge is 2.95. The largest absolute Gasteiger partial charge is 0.508 e. The summed E-state index contributed by atoms with van der Waals surface area (Å²) in [6.45, 7) is 0.255. The van der Waals surface area contributed by atoms with Gasteiger partial charge in [0.25, 0.3) is 0 Å². The number of rotatable bonds is 10. The van der Waals surface area contributed by atoms with E-state index in [0.29, 0.717) is 0 Å². The number of phenolic OH excluding ortho intramolecular Hbond substituents is 1. The first-order valence-corrected chi connectivity index (χ1v) is 9.24. The van der Waals surface area contributed by atoms with Crippen molar-refractivity contribution in [2.45, 2.75) is 67.1 Å². The van der Waals surface area contributed by atoms with Crippen molar-refractivity contribution in [2.24, 2.45) is 0 Å². The SMILES string of the molecule is CC(CC(F)(F)C(F)(F)C(F)(F)C(F)(F)C(F)(F)C(F)(F)C(F)(F)C(F)(F)F)OC(=O)c1ccc(O)cc1. The zero-order chi connectivity index (χ0) is 30.6. The van der Waals surface area contributed by atoms with Crippen LogP contribution in [0.25, 0.3) is 0 Å². The predicted molar refractivity (Wildman–Crippen MR) is 88.3 cm³/mol. The molecule has 1 rings (SSSR count). The Morgan fingerprint density at radius 3 is 1.37 bits per heavy atom. The van der Waals surface area contributed by atoms with E-state index >= 15 is 0 Å². The number of carbonyl (C=O) groups excluding carboxylic acids is 1. The van der Waals surface area contributed by atoms with E-state index in [2.05, 4.69) is 4.74 Å². The molecule has 0 saturated heterocycles. The Morgan fingerprint density at radius 2 is 1.00 bits per heavy atom. The number of aromatic hydroxyl groups is 1. The third kappa shape index (κ3) is 5.01. The van der Waals surface area contributed by atoms with Crippen LogP contribution < -0.4 is 0 Å². The number of phenols is 1. The van der Waals surface area contributed by atoms with E-state index in [1.165, 1.54) is 0 Å². The second kappa shape index (κ2) is 9.49. The maximum atomic E-state index is 13.9. The average Bonchev–Trinajstić information content (AvgIpc) is 2.71. The van der Waals surface area contributed by atoms with Crippen LogP contribution >= 0.6 is 0 Å². The lowest BCUT2D eigenvalue weighted by molar-refractivity contribution is -0.462. The summed E-state index contributed by atoms with van der Waals surface area (Å²) in [6, 6.07) is 3.13. The Bertz CT molecular complexity index is 998. The van der Waals surface area contributed by atoms with Gasteiger partial charge >= 0.3 is 53.6 Å². The Hall–Kier alpha value is -2.70. The van der Waals surface area contributed by atoms with Crippen molar-refractivity contribution in [3.8, 4) is 5.75 Å². The molecule has 1 aromatic carbocycles. The highest BCUT2D eigenvalue weighted by atomic mass is 19.4. The molecule has 1 N–H and O–H groups in total. The standard InChI is InChI=1S/C18H11F17O3/c1-7(38-10(37)8-2-4-9(36)5-3-8)6-11(19,20)12(21,22)13(23,24)14(25,26)15(27,28)16(29,30)17(31,32)18(33,34)35/h2-5,7,36H,6H2,1H3. The fourth-order valence-corrected chi connectivity index (χ4v) is 2.58. The number of esters is 1. The van der Waals surface area contributed by atoms with Crippen molar-refractivity contribution >= 4 is 5.97 Å². The summed E-state index contributed by atoms with van der Waals surface area (Å²) in [7, 11) is 0. The topological polar surface area (TPSA) is 46.5 Å². The lowest BCUT2D eigenvalue weighted by atomic mass is 9.88. The summed E-state index contributed by atoms with van der Waals surface area (Å²) in [4.78, 5) is 11.7. The summed E-state index contributed by atoms with van der Waals surface area (Å²) in [5.74, 6) is -59.3. The van der Waals surface area contributed by atoms with Gasteiger partial charge in [-0.1, -0.05) is 0 Å². The van der Waals surface area contributed by atoms with E-state index in [1.54, 1.807) is 0 Å². The van der Waals surface area contributed by atoms with Crippen LogP contribution in [0.5, 0.6) is 5.75 Å². The van der Waals surface area contributed by atoms with Crippen LogP contribution in [0.15, 0.2) is 24.3 Å². The van der Waals surface area contributed by atoms with Crippen molar-refractivity contribution in [1.82, 2.24) is 0 Å². The molecule has 0 spiro atoms. The van der Waals surface area contributed by atoms with Crippen LogP contribution in [0.3, 0.4) is 0 Å². The number of halogens is 17. The second-order valence-corrected chi connectivity index (χ2v) is 7.62. The Kier molecular flexibility index (Phi) is 8.33. The third-order valence-corrected chi connectivity index (χ3v) is 4.74. The van der Waals surface area contributed by atoms with E-state index in [-0.39, 0.29) is 6.92 Å². The summed E-state index contributed by atoms with van der Waals surface area (Å²) in [5, 5.41) is 9.03. The summed E-state index contributed by atoms with van der Waals surface area (Å²) >= 11 is 0. The molecule has 20 heteroatoms. The molecule has 0 fully saturated rings. The molecule has 3 nitrogen and oxygen atoms in total. The Morgan fingerprint density at radius 1 is 0.658 bits per heavy atom. The second-order valence-electron chi connectivity index (χ2n) is 7.62. The fraction of sp³-hybridized carbons (Fsp3) is 0.611. The summed E-state index contributed by atoms with van der Waals surface area (Å²) in [6.07, 6.45) is -13.4. The van der Waals surface area contributed by atoms with Gasteiger partial charge in [0.05, 0.1) is 12.0 Å². The first kappa shape index (κ1) is 33.3. The van der Waals surface area contributed by atoms with Gasteiger partial charge in [-0.15, -0.1) is 0 Å². The molecule has 0 radical (unpaired) electrons. The monoisotopic (exact) mass is 598 g/mol. The first-order chi connectivity index (χ1) is 16.5. The van der Waals surface area contributed by atoms with Crippen molar-refractivity contribution in [3.05, 3.63) is 29.8 Å². The average molecular weight is 598 g/mol. The van der Waals surface area contributed by atoms with Crippen LogP contribution in [-0.4, -0.2) is 64.8 Å². The highest BCUT2D eigenvalue weighted by molar-refractivity contribution is 5.89. The number of benzene rings is 1. The van der Waals surface area contributed by atoms with Gasteiger partial charge in [-0.05, 0) is 31.2 Å². The number of hydrogen-bond donors (Lipinski definition) is 1. The van der Waals surface area contributed by atoms with Crippen molar-refractivity contribution in [1.29, 1.82) is 0 Å². The van der Waals surface area contributed by atoms with Gasteiger partial charge in [0.15, 0.2) is 0 Å². The lowest BCUT2D eigenvalue weighted by Crippen LogP contribution is -2.74. The lowest BCUT2D eigenvalue weighted by Gasteiger charge is -2.43. The summed E-state index contributed by atoms with van der Waals surface area (Å²) in [5.41, 5.74) is -0.589. The number of carbonyl (C=O) groups is 1. The normalized spacial score (nSPS) is 15.8. The van der Waals surface area contributed by atoms with E-state index in [0.717, 1.165) is 24.3 Å². The molecular weight excluding hydrogens is 587 g/mol. The highest BCUT2D eigenvalue weighted by Crippen LogP contribution is 2.64. The molecular formula is C18H11F17O3. The Labute approximate surface area is 199 Å². The van der Waals surface area contributed by atoms with Crippen LogP contribution in [-0.2, 0) is 4.74 Å². The summed E-state index contributed by atoms with van der Waals surface area (Å²) < 4.78 is 229. The Balaban J connectivity index is 3.37. The molecule has 0 aliphatic heterocycles. The molecule has 0 aliphatic carbocycles. The van der Waals surface area contributed by atoms with E-state index < -0.39 is 77.4 Å². The maximum absolute atomic E-state index is 13.9. The first-order valence-electron chi connectivity index (χ1n) is 9.24. The smallest absolute Gasteiger partial charge is 0.460 e. The van der Waals surface area contributed by atoms with Crippen LogP contribution in [0.4, 0.5) is 74.6 Å². The molecule has 0 bridgehead atoms. The van der Waals surface area contributed by atoms with Crippen LogP contribution in [0, 0.1) is 0 Å². The van der Waals surface area contributed by atoms with Gasteiger partial charge in [0.1, 0.15) is 11.9 Å². The fourth-order valence-electron chi connectivity index (χ4n) is 2.58. The van der Waals surface area contributed by atoms with Gasteiger partial charge in [0.2, 0.25) is 0 Å². The minimum absolute atomic E-state index is 0.255. The van der Waals surface area contributed by atoms with Gasteiger partial charge in [-0.2, -0.15) is 74.6 Å². The molecule has 1 aromatic rings. The number of alkyl halides is 17. The molecule has 0 saturated carbocycles. The minimum Gasteiger partial charge on any atom is -0.508 e. The zero-order valence-electron chi connectivity index (χ0n) is 17.8. The van der Waals surface area contributed by atoms with Gasteiger partial charge in [-0.3, -0.25) is 0 Å². The van der Waals surface area contributed by atoms with E-state index in [1.807, 2.05) is 0 Å². The third-order valence-electron chi connectivity index (χ3n) is 4.74.